The Morgan fingerprint density at radius 3 is 2.82 bits per heavy atom. The zero-order valence-corrected chi connectivity index (χ0v) is 10.6. The van der Waals surface area contributed by atoms with Crippen LogP contribution in [0, 0.1) is 5.92 Å². The maximum atomic E-state index is 9.11. The molecule has 1 N–H and O–H groups in total. The van der Waals surface area contributed by atoms with E-state index in [0.29, 0.717) is 12.3 Å². The Hall–Kier alpha value is -1.35. The maximum Gasteiger partial charge on any atom is 0.112 e. The number of para-hydroxylation sites is 2. The topological polar surface area (TPSA) is 38.0 Å². The van der Waals surface area contributed by atoms with E-state index in [-0.39, 0.29) is 6.61 Å². The highest BCUT2D eigenvalue weighted by atomic mass is 16.3. The molecule has 0 fully saturated rings. The van der Waals surface area contributed by atoms with Gasteiger partial charge in [-0.1, -0.05) is 32.4 Å². The molecule has 0 saturated heterocycles. The van der Waals surface area contributed by atoms with Gasteiger partial charge in [0.1, 0.15) is 5.82 Å². The predicted molar refractivity (Wildman–Crippen MR) is 70.0 cm³/mol. The Balaban J connectivity index is 2.44. The van der Waals surface area contributed by atoms with Crippen LogP contribution in [0.5, 0.6) is 0 Å². The molecule has 0 unspecified atom stereocenters. The van der Waals surface area contributed by atoms with Crippen LogP contribution in [-0.2, 0) is 13.0 Å². The number of imidazole rings is 1. The van der Waals surface area contributed by atoms with Gasteiger partial charge in [-0.3, -0.25) is 0 Å². The predicted octanol–water partition coefficient (Wildman–Crippen LogP) is 2.62. The van der Waals surface area contributed by atoms with Gasteiger partial charge >= 0.3 is 0 Å². The Morgan fingerprint density at radius 2 is 2.12 bits per heavy atom. The Bertz CT molecular complexity index is 490. The first kappa shape index (κ1) is 12.1. The number of hydrogen-bond donors (Lipinski definition) is 1. The molecule has 92 valence electrons. The van der Waals surface area contributed by atoms with Crippen molar-refractivity contribution in [2.24, 2.45) is 5.92 Å². The van der Waals surface area contributed by atoms with Gasteiger partial charge in [0.25, 0.3) is 0 Å². The summed E-state index contributed by atoms with van der Waals surface area (Å²) < 4.78 is 2.25. The van der Waals surface area contributed by atoms with Crippen molar-refractivity contribution in [3.05, 3.63) is 30.1 Å². The van der Waals surface area contributed by atoms with E-state index in [1.165, 1.54) is 5.52 Å². The second-order valence-corrected chi connectivity index (χ2v) is 4.61. The first-order valence-corrected chi connectivity index (χ1v) is 6.31. The highest BCUT2D eigenvalue weighted by molar-refractivity contribution is 5.75. The summed E-state index contributed by atoms with van der Waals surface area (Å²) in [6.07, 6.45) is 1.79. The average molecular weight is 232 g/mol. The first-order chi connectivity index (χ1) is 8.26. The molecular formula is C14H20N2O. The van der Waals surface area contributed by atoms with Gasteiger partial charge in [0.15, 0.2) is 0 Å². The molecular weight excluding hydrogens is 212 g/mol. The van der Waals surface area contributed by atoms with E-state index in [9.17, 15) is 0 Å². The molecule has 2 rings (SSSR count). The molecule has 3 nitrogen and oxygen atoms in total. The summed E-state index contributed by atoms with van der Waals surface area (Å²) in [5, 5.41) is 9.11. The molecule has 0 saturated carbocycles. The van der Waals surface area contributed by atoms with Crippen LogP contribution in [0.25, 0.3) is 11.0 Å². The van der Waals surface area contributed by atoms with Crippen LogP contribution in [0.4, 0.5) is 0 Å². The van der Waals surface area contributed by atoms with Crippen LogP contribution < -0.4 is 0 Å². The largest absolute Gasteiger partial charge is 0.396 e. The van der Waals surface area contributed by atoms with Crippen LogP contribution in [-0.4, -0.2) is 21.3 Å². The number of aromatic nitrogens is 2. The maximum absolute atomic E-state index is 9.11. The van der Waals surface area contributed by atoms with Gasteiger partial charge < -0.3 is 9.67 Å². The van der Waals surface area contributed by atoms with Gasteiger partial charge in [-0.05, 0) is 18.1 Å². The summed E-state index contributed by atoms with van der Waals surface area (Å²) >= 11 is 0. The molecule has 3 heteroatoms. The van der Waals surface area contributed by atoms with E-state index in [1.807, 2.05) is 18.2 Å². The normalized spacial score (nSPS) is 13.1. The van der Waals surface area contributed by atoms with Crippen molar-refractivity contribution in [1.82, 2.24) is 9.55 Å². The Kier molecular flexibility index (Phi) is 3.79. The lowest BCUT2D eigenvalue weighted by atomic mass is 10.1. The Labute approximate surface area is 102 Å². The van der Waals surface area contributed by atoms with Crippen molar-refractivity contribution in [2.75, 3.05) is 6.61 Å². The van der Waals surface area contributed by atoms with Crippen LogP contribution in [0.15, 0.2) is 24.3 Å². The third-order valence-electron chi connectivity index (χ3n) is 3.26. The van der Waals surface area contributed by atoms with Gasteiger partial charge in [-0.15, -0.1) is 0 Å². The van der Waals surface area contributed by atoms with Crippen molar-refractivity contribution >= 4 is 11.0 Å². The van der Waals surface area contributed by atoms with E-state index in [4.69, 9.17) is 5.11 Å². The summed E-state index contributed by atoms with van der Waals surface area (Å²) in [5.41, 5.74) is 2.20. The number of nitrogens with zero attached hydrogens (tertiary/aromatic N) is 2. The fraction of sp³-hybridized carbons (Fsp3) is 0.500. The van der Waals surface area contributed by atoms with Crippen molar-refractivity contribution in [1.29, 1.82) is 0 Å². The fourth-order valence-electron chi connectivity index (χ4n) is 2.06. The summed E-state index contributed by atoms with van der Waals surface area (Å²) in [4.78, 5) is 4.59. The third kappa shape index (κ3) is 2.50. The van der Waals surface area contributed by atoms with Crippen LogP contribution in [0.3, 0.4) is 0 Å². The molecule has 17 heavy (non-hydrogen) atoms. The van der Waals surface area contributed by atoms with Gasteiger partial charge in [0.05, 0.1) is 17.6 Å². The zero-order chi connectivity index (χ0) is 12.3. The molecule has 0 amide bonds. The minimum atomic E-state index is 0.157. The number of fused-ring (bicyclic) bond motifs is 1. The highest BCUT2D eigenvalue weighted by Crippen LogP contribution is 2.19. The van der Waals surface area contributed by atoms with Crippen molar-refractivity contribution < 1.29 is 5.11 Å². The van der Waals surface area contributed by atoms with E-state index in [1.54, 1.807) is 0 Å². The third-order valence-corrected chi connectivity index (χ3v) is 3.26. The quantitative estimate of drug-likeness (QED) is 0.860. The Morgan fingerprint density at radius 1 is 1.35 bits per heavy atom. The van der Waals surface area contributed by atoms with E-state index in [2.05, 4.69) is 29.5 Å². The zero-order valence-electron chi connectivity index (χ0n) is 10.6. The van der Waals surface area contributed by atoms with E-state index < -0.39 is 0 Å². The first-order valence-electron chi connectivity index (χ1n) is 6.31. The van der Waals surface area contributed by atoms with Crippen LogP contribution in [0.2, 0.25) is 0 Å². The molecule has 0 bridgehead atoms. The number of hydrogen-bond acceptors (Lipinski definition) is 2. The lowest BCUT2D eigenvalue weighted by Crippen LogP contribution is -2.11. The molecule has 0 spiro atoms. The standard InChI is InChI=1S/C14H20N2O/c1-3-11(2)10-16-13-7-5-4-6-12(13)15-14(16)8-9-17/h4-7,11,17H,3,8-10H2,1-2H3/t11-/m1/s1. The fourth-order valence-corrected chi connectivity index (χ4v) is 2.06. The minimum absolute atomic E-state index is 0.157. The summed E-state index contributed by atoms with van der Waals surface area (Å²) in [7, 11) is 0. The van der Waals surface area contributed by atoms with Crippen LogP contribution >= 0.6 is 0 Å². The number of aliphatic hydroxyl groups excluding tert-OH is 1. The summed E-state index contributed by atoms with van der Waals surface area (Å²) in [6, 6.07) is 8.18. The van der Waals surface area contributed by atoms with Gasteiger partial charge in [-0.25, -0.2) is 4.98 Å². The molecule has 0 aliphatic carbocycles. The molecule has 1 aromatic carbocycles. The SMILES string of the molecule is CC[C@@H](C)Cn1c(CCO)nc2ccccc21. The van der Waals surface area contributed by atoms with Crippen LogP contribution in [0.1, 0.15) is 26.1 Å². The lowest BCUT2D eigenvalue weighted by Gasteiger charge is -2.13. The summed E-state index contributed by atoms with van der Waals surface area (Å²) in [6.45, 7) is 5.59. The van der Waals surface area contributed by atoms with E-state index in [0.717, 1.165) is 24.3 Å². The number of rotatable bonds is 5. The van der Waals surface area contributed by atoms with Gasteiger partial charge in [0, 0.05) is 13.0 Å². The molecule has 2 aromatic rings. The lowest BCUT2D eigenvalue weighted by molar-refractivity contribution is 0.293. The molecule has 1 aromatic heterocycles. The molecule has 0 aliphatic rings. The van der Waals surface area contributed by atoms with Gasteiger partial charge in [-0.2, -0.15) is 0 Å². The molecule has 0 radical (unpaired) electrons. The van der Waals surface area contributed by atoms with Crippen molar-refractivity contribution in [3.63, 3.8) is 0 Å². The van der Waals surface area contributed by atoms with Crippen molar-refractivity contribution in [2.45, 2.75) is 33.2 Å². The average Bonchev–Trinajstić information content (AvgIpc) is 2.68. The monoisotopic (exact) mass is 232 g/mol. The summed E-state index contributed by atoms with van der Waals surface area (Å²) in [5.74, 6) is 1.62. The smallest absolute Gasteiger partial charge is 0.112 e. The van der Waals surface area contributed by atoms with Gasteiger partial charge in [0.2, 0.25) is 0 Å². The highest BCUT2D eigenvalue weighted by Gasteiger charge is 2.11. The van der Waals surface area contributed by atoms with Crippen molar-refractivity contribution in [3.8, 4) is 0 Å². The number of aliphatic hydroxyl groups is 1. The second kappa shape index (κ2) is 5.32. The molecule has 1 heterocycles. The minimum Gasteiger partial charge on any atom is -0.396 e. The number of benzene rings is 1. The second-order valence-electron chi connectivity index (χ2n) is 4.61. The molecule has 1 atom stereocenters. The van der Waals surface area contributed by atoms with E-state index >= 15 is 0 Å². The molecule has 0 aliphatic heterocycles.